The predicted molar refractivity (Wildman–Crippen MR) is 297 cm³/mol. The molecule has 0 aromatic heterocycles. The average molecular weight is 988 g/mol. The van der Waals surface area contributed by atoms with Gasteiger partial charge in [-0.05, 0) is 64.2 Å². The highest BCUT2D eigenvalue weighted by atomic mass is 31.2. The summed E-state index contributed by atoms with van der Waals surface area (Å²) in [4.78, 5) is 25.5. The number of carbonyl (C=O) groups is 1. The largest absolute Gasteiger partial charge is 0.756 e. The van der Waals surface area contributed by atoms with Crippen LogP contribution in [0.25, 0.3) is 0 Å². The zero-order chi connectivity index (χ0) is 50.6. The zero-order valence-electron chi connectivity index (χ0n) is 45.8. The van der Waals surface area contributed by atoms with Crippen LogP contribution in [-0.4, -0.2) is 68.5 Å². The number of allylic oxidation sites excluding steroid dienone is 11. The van der Waals surface area contributed by atoms with E-state index >= 15 is 0 Å². The molecule has 0 aromatic carbocycles. The third kappa shape index (κ3) is 53.6. The number of amides is 1. The predicted octanol–water partition coefficient (Wildman–Crippen LogP) is 16.9. The van der Waals surface area contributed by atoms with Gasteiger partial charge in [0.1, 0.15) is 13.2 Å². The molecule has 1 amide bonds. The summed E-state index contributed by atoms with van der Waals surface area (Å²) >= 11 is 0. The molecule has 3 unspecified atom stereocenters. The smallest absolute Gasteiger partial charge is 0.268 e. The van der Waals surface area contributed by atoms with E-state index in [9.17, 15) is 19.4 Å². The Bertz CT molecular complexity index is 1350. The summed E-state index contributed by atoms with van der Waals surface area (Å²) in [6.07, 6.45) is 69.7. The number of likely N-dealkylation sites (N-methyl/N-ethyl adjacent to an activating group) is 1. The second kappa shape index (κ2) is 50.9. The Morgan fingerprint density at radius 2 is 0.884 bits per heavy atom. The Morgan fingerprint density at radius 3 is 1.29 bits per heavy atom. The van der Waals surface area contributed by atoms with Gasteiger partial charge >= 0.3 is 0 Å². The Morgan fingerprint density at radius 1 is 0.522 bits per heavy atom. The molecular formula is C60H111N2O6P. The topological polar surface area (TPSA) is 108 Å². The standard InChI is InChI=1S/C60H111N2O6P/c1-6-8-10-12-14-16-18-20-22-24-26-27-28-29-30-31-32-33-34-35-36-38-40-42-44-46-48-50-52-54-60(64)61-58(57-68-69(65,66)67-56-55-62(3,4)5)59(63)53-51-49-47-45-43-41-39-37-25-23-21-19-17-15-13-11-9-7-2/h8,10,14,16,20,22,26-27,29-30,51,53,58-59,63H,6-7,9,11-13,15,17-19,21,23-25,28,31-50,52,54-57H2,1-5H3,(H-,61,64,65,66)/b10-8-,16-14-,22-20-,27-26-,30-29-,53-51+. The molecule has 8 nitrogen and oxygen atoms in total. The molecule has 0 rings (SSSR count). The van der Waals surface area contributed by atoms with Gasteiger partial charge in [-0.1, -0.05) is 254 Å². The van der Waals surface area contributed by atoms with Gasteiger partial charge in [0.05, 0.1) is 39.9 Å². The van der Waals surface area contributed by atoms with Crippen LogP contribution in [-0.2, 0) is 18.4 Å². The minimum atomic E-state index is -4.60. The molecule has 0 heterocycles. The Hall–Kier alpha value is -2.06. The molecule has 69 heavy (non-hydrogen) atoms. The Labute approximate surface area is 427 Å². The fourth-order valence-electron chi connectivity index (χ4n) is 8.18. The van der Waals surface area contributed by atoms with Gasteiger partial charge in [0, 0.05) is 6.42 Å². The molecule has 0 radical (unpaired) electrons. The minimum Gasteiger partial charge on any atom is -0.756 e. The quantitative estimate of drug-likeness (QED) is 0.0272. The lowest BCUT2D eigenvalue weighted by molar-refractivity contribution is -0.870. The summed E-state index contributed by atoms with van der Waals surface area (Å²) in [6.45, 7) is 4.55. The van der Waals surface area contributed by atoms with Crippen LogP contribution in [0.3, 0.4) is 0 Å². The SMILES string of the molecule is CC/C=C\C/C=C\C/C=C\C/C=C\C/C=C\CCCCCCCCCCCCCCCC(=O)NC(COP(=O)([O-])OCC[N+](C)(C)C)C(O)/C=C/CCCCCCCCCCCCCCCCCC. The van der Waals surface area contributed by atoms with E-state index in [0.717, 1.165) is 70.6 Å². The van der Waals surface area contributed by atoms with Gasteiger partial charge in [0.25, 0.3) is 7.82 Å². The van der Waals surface area contributed by atoms with Crippen molar-refractivity contribution in [3.8, 4) is 0 Å². The first kappa shape index (κ1) is 66.9. The molecule has 9 heteroatoms. The molecule has 0 aliphatic rings. The lowest BCUT2D eigenvalue weighted by atomic mass is 10.0. The molecule has 0 fully saturated rings. The van der Waals surface area contributed by atoms with Crippen LogP contribution in [0.15, 0.2) is 72.9 Å². The van der Waals surface area contributed by atoms with Crippen LogP contribution in [0.5, 0.6) is 0 Å². The van der Waals surface area contributed by atoms with E-state index < -0.39 is 20.0 Å². The van der Waals surface area contributed by atoms with Crippen molar-refractivity contribution in [1.29, 1.82) is 0 Å². The number of phosphoric acid groups is 1. The van der Waals surface area contributed by atoms with Crippen molar-refractivity contribution in [1.82, 2.24) is 5.32 Å². The van der Waals surface area contributed by atoms with Crippen LogP contribution in [0.1, 0.15) is 251 Å². The summed E-state index contributed by atoms with van der Waals surface area (Å²) in [5, 5.41) is 13.9. The number of hydrogen-bond acceptors (Lipinski definition) is 6. The zero-order valence-corrected chi connectivity index (χ0v) is 46.6. The Kier molecular flexibility index (Phi) is 49.3. The third-order valence-corrected chi connectivity index (χ3v) is 13.6. The molecule has 0 saturated carbocycles. The van der Waals surface area contributed by atoms with E-state index in [-0.39, 0.29) is 19.1 Å². The first-order valence-electron chi connectivity index (χ1n) is 28.8. The first-order chi connectivity index (χ1) is 33.5. The highest BCUT2D eigenvalue weighted by Gasteiger charge is 2.23. The van der Waals surface area contributed by atoms with Gasteiger partial charge < -0.3 is 28.8 Å². The maximum absolute atomic E-state index is 13.0. The van der Waals surface area contributed by atoms with E-state index in [1.807, 2.05) is 27.2 Å². The van der Waals surface area contributed by atoms with E-state index in [2.05, 4.69) is 79.9 Å². The second-order valence-corrected chi connectivity index (χ2v) is 22.0. The minimum absolute atomic E-state index is 0.00299. The molecule has 2 N–H and O–H groups in total. The van der Waals surface area contributed by atoms with E-state index in [4.69, 9.17) is 9.05 Å². The Balaban J connectivity index is 4.18. The average Bonchev–Trinajstić information content (AvgIpc) is 3.31. The molecule has 0 spiro atoms. The highest BCUT2D eigenvalue weighted by Crippen LogP contribution is 2.38. The van der Waals surface area contributed by atoms with Gasteiger partial charge in [-0.25, -0.2) is 0 Å². The van der Waals surface area contributed by atoms with Crippen LogP contribution in [0, 0.1) is 0 Å². The third-order valence-electron chi connectivity index (χ3n) is 12.7. The molecule has 0 aliphatic carbocycles. The molecule has 0 aliphatic heterocycles. The normalized spacial score (nSPS) is 14.5. The number of rotatable bonds is 52. The highest BCUT2D eigenvalue weighted by molar-refractivity contribution is 7.45. The van der Waals surface area contributed by atoms with Crippen molar-refractivity contribution in [3.05, 3.63) is 72.9 Å². The van der Waals surface area contributed by atoms with Crippen LogP contribution < -0.4 is 10.2 Å². The number of quaternary nitrogens is 1. The molecule has 0 aromatic rings. The number of nitrogens with zero attached hydrogens (tertiary/aromatic N) is 1. The number of aliphatic hydroxyl groups is 1. The second-order valence-electron chi connectivity index (χ2n) is 20.6. The first-order valence-corrected chi connectivity index (χ1v) is 30.3. The molecular weight excluding hydrogens is 876 g/mol. The fourth-order valence-corrected chi connectivity index (χ4v) is 8.90. The van der Waals surface area contributed by atoms with Crippen molar-refractivity contribution in [3.63, 3.8) is 0 Å². The summed E-state index contributed by atoms with van der Waals surface area (Å²) in [5.41, 5.74) is 0. The van der Waals surface area contributed by atoms with Gasteiger partial charge in [0.2, 0.25) is 5.91 Å². The number of unbranched alkanes of at least 4 members (excludes halogenated alkanes) is 29. The maximum Gasteiger partial charge on any atom is 0.268 e. The van der Waals surface area contributed by atoms with Gasteiger partial charge in [-0.3, -0.25) is 9.36 Å². The lowest BCUT2D eigenvalue weighted by Gasteiger charge is -2.29. The van der Waals surface area contributed by atoms with Crippen molar-refractivity contribution < 1.29 is 32.9 Å². The lowest BCUT2D eigenvalue weighted by Crippen LogP contribution is -2.45. The summed E-state index contributed by atoms with van der Waals surface area (Å²) in [5.74, 6) is -0.199. The molecule has 402 valence electrons. The van der Waals surface area contributed by atoms with E-state index in [1.54, 1.807) is 6.08 Å². The summed E-state index contributed by atoms with van der Waals surface area (Å²) < 4.78 is 23.3. The van der Waals surface area contributed by atoms with Crippen LogP contribution in [0.2, 0.25) is 0 Å². The molecule has 0 saturated heterocycles. The van der Waals surface area contributed by atoms with Crippen molar-refractivity contribution >= 4 is 13.7 Å². The van der Waals surface area contributed by atoms with Gasteiger partial charge in [0.15, 0.2) is 0 Å². The van der Waals surface area contributed by atoms with E-state index in [1.165, 1.54) is 161 Å². The number of aliphatic hydroxyl groups excluding tert-OH is 1. The number of phosphoric ester groups is 1. The van der Waals surface area contributed by atoms with E-state index in [0.29, 0.717) is 17.4 Å². The number of carbonyl (C=O) groups excluding carboxylic acids is 1. The van der Waals surface area contributed by atoms with Crippen LogP contribution in [0.4, 0.5) is 0 Å². The van der Waals surface area contributed by atoms with Crippen molar-refractivity contribution in [2.45, 2.75) is 264 Å². The monoisotopic (exact) mass is 987 g/mol. The maximum atomic E-state index is 13.0. The van der Waals surface area contributed by atoms with Crippen LogP contribution >= 0.6 is 7.82 Å². The molecule has 0 bridgehead atoms. The number of hydrogen-bond donors (Lipinski definition) is 2. The van der Waals surface area contributed by atoms with Crippen molar-refractivity contribution in [2.24, 2.45) is 0 Å². The van der Waals surface area contributed by atoms with Crippen molar-refractivity contribution in [2.75, 3.05) is 40.9 Å². The molecule has 3 atom stereocenters. The number of nitrogens with one attached hydrogen (secondary N) is 1. The summed E-state index contributed by atoms with van der Waals surface area (Å²) in [7, 11) is 1.26. The summed E-state index contributed by atoms with van der Waals surface area (Å²) in [6, 6.07) is -0.890. The fraction of sp³-hybridized carbons (Fsp3) is 0.783. The van der Waals surface area contributed by atoms with Gasteiger partial charge in [-0.2, -0.15) is 0 Å². The van der Waals surface area contributed by atoms with Gasteiger partial charge in [-0.15, -0.1) is 0 Å².